The van der Waals surface area contributed by atoms with Crippen LogP contribution in [0.5, 0.6) is 0 Å². The van der Waals surface area contributed by atoms with E-state index in [1.54, 1.807) is 10.4 Å². The number of aryl methyl sites for hydroxylation is 1. The number of hydrogen-bond acceptors (Lipinski definition) is 1. The van der Waals surface area contributed by atoms with Crippen molar-refractivity contribution in [1.82, 2.24) is 0 Å². The van der Waals surface area contributed by atoms with Gasteiger partial charge in [-0.15, -0.1) is 11.3 Å². The lowest BCUT2D eigenvalue weighted by molar-refractivity contribution is 0.407. The lowest BCUT2D eigenvalue weighted by Gasteiger charge is -2.23. The van der Waals surface area contributed by atoms with Crippen LogP contribution in [0.1, 0.15) is 40.0 Å². The maximum absolute atomic E-state index is 2.40. The highest BCUT2D eigenvalue weighted by molar-refractivity contribution is 7.12. The molecule has 0 atom stereocenters. The van der Waals surface area contributed by atoms with Gasteiger partial charge >= 0.3 is 0 Å². The fraction of sp³-hybridized carbons (Fsp3) is 0.556. The molecule has 1 aromatic rings. The summed E-state index contributed by atoms with van der Waals surface area (Å²) in [4.78, 5) is 3.24. The van der Waals surface area contributed by atoms with Crippen LogP contribution in [0.2, 0.25) is 0 Å². The van der Waals surface area contributed by atoms with Gasteiger partial charge in [-0.05, 0) is 43.2 Å². The Bertz CT molecular complexity index is 253. The molecular formula is C9H10S. The molecule has 1 fully saturated rings. The summed E-state index contributed by atoms with van der Waals surface area (Å²) in [6.07, 6.45) is 2.95. The van der Waals surface area contributed by atoms with E-state index in [0.717, 1.165) is 11.8 Å². The molecule has 0 nitrogen and oxygen atoms in total. The third-order valence-corrected chi connectivity index (χ3v) is 4.09. The van der Waals surface area contributed by atoms with Crippen molar-refractivity contribution in [2.75, 3.05) is 0 Å². The SMILES string of the molecule is Cc1cc2c(s1)C1CC2C1. The summed E-state index contributed by atoms with van der Waals surface area (Å²) in [5, 5.41) is 0. The summed E-state index contributed by atoms with van der Waals surface area (Å²) in [6.45, 7) is 2.22. The normalized spacial score (nSPS) is 33.7. The van der Waals surface area contributed by atoms with Gasteiger partial charge in [-0.25, -0.2) is 0 Å². The third-order valence-electron chi connectivity index (χ3n) is 2.86. The van der Waals surface area contributed by atoms with Gasteiger partial charge < -0.3 is 0 Å². The van der Waals surface area contributed by atoms with Gasteiger partial charge in [0.1, 0.15) is 0 Å². The molecule has 2 bridgehead atoms. The highest BCUT2D eigenvalue weighted by Crippen LogP contribution is 2.59. The second kappa shape index (κ2) is 1.48. The molecule has 0 amide bonds. The van der Waals surface area contributed by atoms with Crippen molar-refractivity contribution in [3.63, 3.8) is 0 Å². The number of hydrogen-bond donors (Lipinski definition) is 0. The van der Waals surface area contributed by atoms with Crippen LogP contribution < -0.4 is 0 Å². The first-order valence-electron chi connectivity index (χ1n) is 3.95. The Morgan fingerprint density at radius 2 is 2.20 bits per heavy atom. The fourth-order valence-corrected chi connectivity index (χ4v) is 3.51. The summed E-state index contributed by atoms with van der Waals surface area (Å²) < 4.78 is 0. The number of rotatable bonds is 0. The van der Waals surface area contributed by atoms with E-state index in [1.165, 1.54) is 17.7 Å². The highest BCUT2D eigenvalue weighted by atomic mass is 32.1. The number of thiophene rings is 1. The summed E-state index contributed by atoms with van der Waals surface area (Å²) >= 11 is 2.03. The molecule has 0 radical (unpaired) electrons. The molecule has 4 rings (SSSR count). The smallest absolute Gasteiger partial charge is 0.0114 e. The Kier molecular flexibility index (Phi) is 0.791. The molecule has 3 aliphatic carbocycles. The van der Waals surface area contributed by atoms with Crippen LogP contribution in [0.3, 0.4) is 0 Å². The molecule has 0 N–H and O–H groups in total. The first-order valence-corrected chi connectivity index (χ1v) is 4.76. The first-order chi connectivity index (χ1) is 4.84. The van der Waals surface area contributed by atoms with Crippen LogP contribution in [-0.4, -0.2) is 0 Å². The molecule has 1 aromatic heterocycles. The zero-order valence-electron chi connectivity index (χ0n) is 6.05. The Hall–Kier alpha value is -0.300. The van der Waals surface area contributed by atoms with E-state index in [9.17, 15) is 0 Å². The molecule has 1 heteroatoms. The van der Waals surface area contributed by atoms with E-state index in [0.29, 0.717) is 0 Å². The van der Waals surface area contributed by atoms with E-state index < -0.39 is 0 Å². The van der Waals surface area contributed by atoms with Gasteiger partial charge in [0.15, 0.2) is 0 Å². The monoisotopic (exact) mass is 150 g/mol. The van der Waals surface area contributed by atoms with E-state index >= 15 is 0 Å². The second-order valence-corrected chi connectivity index (χ2v) is 4.83. The summed E-state index contributed by atoms with van der Waals surface area (Å²) in [5.41, 5.74) is 1.70. The molecule has 0 saturated heterocycles. The van der Waals surface area contributed by atoms with E-state index in [1.807, 2.05) is 11.3 Å². The Labute approximate surface area is 64.9 Å². The Morgan fingerprint density at radius 1 is 1.40 bits per heavy atom. The van der Waals surface area contributed by atoms with Gasteiger partial charge in [-0.3, -0.25) is 0 Å². The molecule has 1 saturated carbocycles. The Balaban J connectivity index is 2.25. The summed E-state index contributed by atoms with van der Waals surface area (Å²) in [5.74, 6) is 1.96. The lowest BCUT2D eigenvalue weighted by Crippen LogP contribution is -2.07. The highest BCUT2D eigenvalue weighted by Gasteiger charge is 2.42. The molecular weight excluding hydrogens is 140 g/mol. The fourth-order valence-electron chi connectivity index (χ4n) is 2.28. The molecule has 0 unspecified atom stereocenters. The van der Waals surface area contributed by atoms with Crippen molar-refractivity contribution in [1.29, 1.82) is 0 Å². The average Bonchev–Trinajstić information content (AvgIpc) is 2.20. The quantitative estimate of drug-likeness (QED) is 0.533. The minimum absolute atomic E-state index is 0.977. The topological polar surface area (TPSA) is 0 Å². The van der Waals surface area contributed by atoms with Crippen molar-refractivity contribution in [2.24, 2.45) is 0 Å². The van der Waals surface area contributed by atoms with Crippen molar-refractivity contribution < 1.29 is 0 Å². The Morgan fingerprint density at radius 3 is 2.90 bits per heavy atom. The predicted molar refractivity (Wildman–Crippen MR) is 43.8 cm³/mol. The van der Waals surface area contributed by atoms with E-state index in [-0.39, 0.29) is 0 Å². The van der Waals surface area contributed by atoms with Gasteiger partial charge in [0.25, 0.3) is 0 Å². The molecule has 3 aliphatic rings. The minimum Gasteiger partial charge on any atom is -0.145 e. The predicted octanol–water partition coefficient (Wildman–Crippen LogP) is 3.03. The minimum atomic E-state index is 0.977. The zero-order chi connectivity index (χ0) is 6.72. The van der Waals surface area contributed by atoms with Crippen molar-refractivity contribution in [2.45, 2.75) is 31.6 Å². The van der Waals surface area contributed by atoms with Crippen molar-refractivity contribution >= 4 is 11.3 Å². The standard InChI is InChI=1S/C9H10S/c1-5-2-8-6-3-7(4-6)9(8)10-5/h2,6-7H,3-4H2,1H3. The maximum atomic E-state index is 2.40. The van der Waals surface area contributed by atoms with Crippen LogP contribution in [-0.2, 0) is 0 Å². The first kappa shape index (κ1) is 5.36. The van der Waals surface area contributed by atoms with Crippen LogP contribution in [0.15, 0.2) is 6.07 Å². The van der Waals surface area contributed by atoms with Crippen molar-refractivity contribution in [3.8, 4) is 0 Å². The van der Waals surface area contributed by atoms with Gasteiger partial charge in [-0.2, -0.15) is 0 Å². The molecule has 0 spiro atoms. The summed E-state index contributed by atoms with van der Waals surface area (Å²) in [6, 6.07) is 2.40. The largest absolute Gasteiger partial charge is 0.145 e. The van der Waals surface area contributed by atoms with Gasteiger partial charge in [0.05, 0.1) is 0 Å². The molecule has 10 heavy (non-hydrogen) atoms. The van der Waals surface area contributed by atoms with Crippen LogP contribution in [0.4, 0.5) is 0 Å². The van der Waals surface area contributed by atoms with Crippen LogP contribution >= 0.6 is 11.3 Å². The van der Waals surface area contributed by atoms with E-state index in [4.69, 9.17) is 0 Å². The average molecular weight is 150 g/mol. The van der Waals surface area contributed by atoms with Gasteiger partial charge in [0.2, 0.25) is 0 Å². The molecule has 0 aliphatic heterocycles. The van der Waals surface area contributed by atoms with Crippen LogP contribution in [0.25, 0.3) is 0 Å². The molecule has 52 valence electrons. The van der Waals surface area contributed by atoms with Gasteiger partial charge in [-0.1, -0.05) is 0 Å². The maximum Gasteiger partial charge on any atom is 0.0114 e. The van der Waals surface area contributed by atoms with Crippen LogP contribution in [0, 0.1) is 6.92 Å². The lowest BCUT2D eigenvalue weighted by atomic mass is 9.82. The van der Waals surface area contributed by atoms with Gasteiger partial charge in [0, 0.05) is 9.75 Å². The van der Waals surface area contributed by atoms with Crippen molar-refractivity contribution in [3.05, 3.63) is 21.4 Å². The van der Waals surface area contributed by atoms with E-state index in [2.05, 4.69) is 13.0 Å². The third kappa shape index (κ3) is 0.450. The molecule has 0 aromatic carbocycles. The summed E-state index contributed by atoms with van der Waals surface area (Å²) in [7, 11) is 0. The molecule has 1 heterocycles. The zero-order valence-corrected chi connectivity index (χ0v) is 6.87. The second-order valence-electron chi connectivity index (χ2n) is 3.54.